The third-order valence-electron chi connectivity index (χ3n) is 2.13. The maximum absolute atomic E-state index is 5.83. The van der Waals surface area contributed by atoms with E-state index in [1.807, 2.05) is 6.92 Å². The molecule has 0 aliphatic carbocycles. The summed E-state index contributed by atoms with van der Waals surface area (Å²) in [5, 5.41) is 0. The molecule has 4 heteroatoms. The summed E-state index contributed by atoms with van der Waals surface area (Å²) in [5.41, 5.74) is 8.08. The van der Waals surface area contributed by atoms with Crippen molar-refractivity contribution in [3.05, 3.63) is 44.2 Å². The van der Waals surface area contributed by atoms with E-state index in [1.54, 1.807) is 17.5 Å². The Hall–Kier alpha value is -0.870. The predicted octanol–water partition coefficient (Wildman–Crippen LogP) is 3.39. The average Bonchev–Trinajstić information content (AvgIpc) is 2.58. The average molecular weight is 283 g/mol. The molecule has 15 heavy (non-hydrogen) atoms. The number of hydrogen-bond acceptors (Lipinski definition) is 3. The van der Waals surface area contributed by atoms with Gasteiger partial charge in [0.05, 0.1) is 3.79 Å². The topological polar surface area (TPSA) is 38.9 Å². The van der Waals surface area contributed by atoms with Crippen molar-refractivity contribution in [2.45, 2.75) is 13.3 Å². The molecular weight excluding hydrogens is 272 g/mol. The highest BCUT2D eigenvalue weighted by molar-refractivity contribution is 9.11. The molecule has 2 aromatic rings. The van der Waals surface area contributed by atoms with Crippen LogP contribution in [0.4, 0.5) is 5.82 Å². The van der Waals surface area contributed by atoms with Gasteiger partial charge in [-0.15, -0.1) is 11.3 Å². The second-order valence-corrected chi connectivity index (χ2v) is 5.99. The molecule has 2 aromatic heterocycles. The molecule has 0 aliphatic heterocycles. The molecule has 78 valence electrons. The van der Waals surface area contributed by atoms with Crippen LogP contribution in [0.15, 0.2) is 28.2 Å². The minimum atomic E-state index is 0.630. The van der Waals surface area contributed by atoms with Gasteiger partial charge >= 0.3 is 0 Å². The first-order valence-corrected chi connectivity index (χ1v) is 6.21. The van der Waals surface area contributed by atoms with Crippen molar-refractivity contribution in [3.63, 3.8) is 0 Å². The number of nitrogens with two attached hydrogens (primary N) is 1. The highest BCUT2D eigenvalue weighted by atomic mass is 79.9. The van der Waals surface area contributed by atoms with Gasteiger partial charge in [-0.25, -0.2) is 4.98 Å². The molecule has 0 atom stereocenters. The van der Waals surface area contributed by atoms with E-state index in [0.29, 0.717) is 5.82 Å². The van der Waals surface area contributed by atoms with E-state index in [-0.39, 0.29) is 0 Å². The first-order valence-electron chi connectivity index (χ1n) is 4.60. The van der Waals surface area contributed by atoms with Crippen LogP contribution in [-0.4, -0.2) is 4.98 Å². The van der Waals surface area contributed by atoms with Gasteiger partial charge < -0.3 is 5.73 Å². The van der Waals surface area contributed by atoms with Crippen LogP contribution < -0.4 is 5.73 Å². The molecule has 0 saturated carbocycles. The van der Waals surface area contributed by atoms with E-state index in [2.05, 4.69) is 39.1 Å². The number of aryl methyl sites for hydroxylation is 1. The molecule has 2 nitrogen and oxygen atoms in total. The number of rotatable bonds is 2. The first kappa shape index (κ1) is 10.6. The molecule has 0 spiro atoms. The minimum absolute atomic E-state index is 0.630. The van der Waals surface area contributed by atoms with Crippen molar-refractivity contribution in [3.8, 4) is 0 Å². The lowest BCUT2D eigenvalue weighted by Crippen LogP contribution is -1.98. The van der Waals surface area contributed by atoms with Crippen LogP contribution in [0.1, 0.15) is 16.0 Å². The summed E-state index contributed by atoms with van der Waals surface area (Å²) in [5.74, 6) is 0.630. The van der Waals surface area contributed by atoms with Gasteiger partial charge in [-0.2, -0.15) is 0 Å². The van der Waals surface area contributed by atoms with Gasteiger partial charge in [-0.3, -0.25) is 0 Å². The molecule has 0 amide bonds. The van der Waals surface area contributed by atoms with Gasteiger partial charge in [0.25, 0.3) is 0 Å². The number of pyridine rings is 1. The van der Waals surface area contributed by atoms with E-state index in [0.717, 1.165) is 21.3 Å². The third kappa shape index (κ3) is 2.58. The van der Waals surface area contributed by atoms with Crippen molar-refractivity contribution < 1.29 is 0 Å². The molecule has 0 radical (unpaired) electrons. The van der Waals surface area contributed by atoms with E-state index in [1.165, 1.54) is 4.88 Å². The molecule has 0 saturated heterocycles. The number of halogens is 1. The molecule has 0 bridgehead atoms. The SMILES string of the molecule is Cc1cnc(N)c(Cc2ccc(Br)s2)c1. The Morgan fingerprint density at radius 1 is 1.47 bits per heavy atom. The molecule has 2 N–H and O–H groups in total. The maximum atomic E-state index is 5.83. The lowest BCUT2D eigenvalue weighted by atomic mass is 10.1. The predicted molar refractivity (Wildman–Crippen MR) is 68.2 cm³/mol. The Kier molecular flexibility index (Phi) is 3.07. The molecule has 0 aliphatic rings. The zero-order valence-electron chi connectivity index (χ0n) is 8.33. The first-order chi connectivity index (χ1) is 7.15. The van der Waals surface area contributed by atoms with Crippen molar-refractivity contribution in [1.29, 1.82) is 0 Å². The molecule has 0 fully saturated rings. The van der Waals surface area contributed by atoms with Gasteiger partial charge in [0, 0.05) is 17.5 Å². The number of nitrogen functional groups attached to an aromatic ring is 1. The minimum Gasteiger partial charge on any atom is -0.383 e. The molecular formula is C11H11BrN2S. The Bertz CT molecular complexity index is 479. The lowest BCUT2D eigenvalue weighted by molar-refractivity contribution is 1.16. The van der Waals surface area contributed by atoms with Crippen molar-refractivity contribution in [2.75, 3.05) is 5.73 Å². The van der Waals surface area contributed by atoms with Gasteiger partial charge in [-0.05, 0) is 46.1 Å². The summed E-state index contributed by atoms with van der Waals surface area (Å²) in [4.78, 5) is 5.44. The van der Waals surface area contributed by atoms with Gasteiger partial charge in [0.15, 0.2) is 0 Å². The number of thiophene rings is 1. The Labute approximate surface area is 101 Å². The summed E-state index contributed by atoms with van der Waals surface area (Å²) >= 11 is 5.18. The van der Waals surface area contributed by atoms with Crippen molar-refractivity contribution in [2.24, 2.45) is 0 Å². The van der Waals surface area contributed by atoms with E-state index >= 15 is 0 Å². The van der Waals surface area contributed by atoms with E-state index in [4.69, 9.17) is 5.73 Å². The fourth-order valence-corrected chi connectivity index (χ4v) is 2.92. The summed E-state index contributed by atoms with van der Waals surface area (Å²) in [6, 6.07) is 6.26. The maximum Gasteiger partial charge on any atom is 0.126 e. The van der Waals surface area contributed by atoms with Crippen LogP contribution in [0.5, 0.6) is 0 Å². The molecule has 0 unspecified atom stereocenters. The normalized spacial score (nSPS) is 10.5. The van der Waals surface area contributed by atoms with Gasteiger partial charge in [0.2, 0.25) is 0 Å². The quantitative estimate of drug-likeness (QED) is 0.917. The monoisotopic (exact) mass is 282 g/mol. The summed E-state index contributed by atoms with van der Waals surface area (Å²) < 4.78 is 1.15. The van der Waals surface area contributed by atoms with Gasteiger partial charge in [0.1, 0.15) is 5.82 Å². The van der Waals surface area contributed by atoms with E-state index in [9.17, 15) is 0 Å². The molecule has 0 aromatic carbocycles. The fourth-order valence-electron chi connectivity index (χ4n) is 1.42. The van der Waals surface area contributed by atoms with Crippen LogP contribution in [0.25, 0.3) is 0 Å². The van der Waals surface area contributed by atoms with Gasteiger partial charge in [-0.1, -0.05) is 6.07 Å². The second kappa shape index (κ2) is 4.33. The zero-order valence-corrected chi connectivity index (χ0v) is 10.7. The highest BCUT2D eigenvalue weighted by Gasteiger charge is 2.04. The lowest BCUT2D eigenvalue weighted by Gasteiger charge is -2.03. The molecule has 2 heterocycles. The number of aromatic nitrogens is 1. The third-order valence-corrected chi connectivity index (χ3v) is 3.76. The summed E-state index contributed by atoms with van der Waals surface area (Å²) in [7, 11) is 0. The zero-order chi connectivity index (χ0) is 10.8. The Morgan fingerprint density at radius 3 is 2.93 bits per heavy atom. The summed E-state index contributed by atoms with van der Waals surface area (Å²) in [6.45, 7) is 2.03. The van der Waals surface area contributed by atoms with Crippen LogP contribution in [0.2, 0.25) is 0 Å². The van der Waals surface area contributed by atoms with Crippen LogP contribution in [0, 0.1) is 6.92 Å². The fraction of sp³-hybridized carbons (Fsp3) is 0.182. The van der Waals surface area contributed by atoms with Crippen molar-refractivity contribution in [1.82, 2.24) is 4.98 Å². The largest absolute Gasteiger partial charge is 0.383 e. The highest BCUT2D eigenvalue weighted by Crippen LogP contribution is 2.25. The van der Waals surface area contributed by atoms with Crippen LogP contribution in [0.3, 0.4) is 0 Å². The van der Waals surface area contributed by atoms with Crippen LogP contribution in [-0.2, 0) is 6.42 Å². The molecule has 2 rings (SSSR count). The summed E-state index contributed by atoms with van der Waals surface area (Å²) in [6.07, 6.45) is 2.65. The number of hydrogen-bond donors (Lipinski definition) is 1. The Balaban J connectivity index is 2.27. The Morgan fingerprint density at radius 2 is 2.27 bits per heavy atom. The van der Waals surface area contributed by atoms with Crippen LogP contribution >= 0.6 is 27.3 Å². The van der Waals surface area contributed by atoms with Crippen molar-refractivity contribution >= 4 is 33.1 Å². The number of nitrogens with zero attached hydrogens (tertiary/aromatic N) is 1. The van der Waals surface area contributed by atoms with E-state index < -0.39 is 0 Å². The number of anilines is 1. The smallest absolute Gasteiger partial charge is 0.126 e. The second-order valence-electron chi connectivity index (χ2n) is 3.44. The standard InChI is InChI=1S/C11H11BrN2S/c1-7-4-8(11(13)14-6-7)5-9-2-3-10(12)15-9/h2-4,6H,5H2,1H3,(H2,13,14).